The summed E-state index contributed by atoms with van der Waals surface area (Å²) in [5.74, 6) is -0.892. The molecule has 0 saturated heterocycles. The Morgan fingerprint density at radius 2 is 2.00 bits per heavy atom. The van der Waals surface area contributed by atoms with Crippen LogP contribution in [0.3, 0.4) is 0 Å². The monoisotopic (exact) mass is 245 g/mol. The van der Waals surface area contributed by atoms with Crippen molar-refractivity contribution in [1.29, 1.82) is 0 Å². The first kappa shape index (κ1) is 10.3. The van der Waals surface area contributed by atoms with E-state index in [-0.39, 0.29) is 5.52 Å². The molecule has 2 aromatic rings. The highest BCUT2D eigenvalue weighted by Gasteiger charge is 2.20. The van der Waals surface area contributed by atoms with E-state index in [9.17, 15) is 12.8 Å². The molecule has 0 aliphatic rings. The summed E-state index contributed by atoms with van der Waals surface area (Å²) < 4.78 is 35.6. The Morgan fingerprint density at radius 1 is 1.27 bits per heavy atom. The second-order valence-electron chi connectivity index (χ2n) is 2.89. The van der Waals surface area contributed by atoms with Crippen molar-refractivity contribution in [1.82, 2.24) is 4.98 Å². The first-order valence-electron chi connectivity index (χ1n) is 3.98. The lowest BCUT2D eigenvalue weighted by Gasteiger charge is -2.02. The number of hydrogen-bond acceptors (Lipinski definition) is 3. The van der Waals surface area contributed by atoms with Crippen LogP contribution < -0.4 is 0 Å². The fraction of sp³-hybridized carbons (Fsp3) is 0. The highest BCUT2D eigenvalue weighted by Crippen LogP contribution is 2.26. The van der Waals surface area contributed by atoms with Gasteiger partial charge >= 0.3 is 0 Å². The van der Waals surface area contributed by atoms with Crippen LogP contribution in [0.2, 0.25) is 0 Å². The minimum Gasteiger partial charge on any atom is -0.255 e. The Labute approximate surface area is 89.9 Å². The van der Waals surface area contributed by atoms with Gasteiger partial charge in [-0.15, -0.1) is 0 Å². The van der Waals surface area contributed by atoms with E-state index in [1.165, 1.54) is 12.3 Å². The summed E-state index contributed by atoms with van der Waals surface area (Å²) >= 11 is 0. The molecule has 0 N–H and O–H groups in total. The summed E-state index contributed by atoms with van der Waals surface area (Å²) in [5.41, 5.74) is 0.0486. The summed E-state index contributed by atoms with van der Waals surface area (Å²) in [6.45, 7) is 0. The van der Waals surface area contributed by atoms with Gasteiger partial charge in [0, 0.05) is 22.3 Å². The Bertz CT molecular complexity index is 627. The van der Waals surface area contributed by atoms with Gasteiger partial charge in [0.1, 0.15) is 10.7 Å². The van der Waals surface area contributed by atoms with Gasteiger partial charge in [0.25, 0.3) is 9.05 Å². The molecule has 1 heterocycles. The van der Waals surface area contributed by atoms with Gasteiger partial charge in [0.2, 0.25) is 0 Å². The van der Waals surface area contributed by atoms with Crippen molar-refractivity contribution in [3.8, 4) is 0 Å². The van der Waals surface area contributed by atoms with Crippen molar-refractivity contribution in [2.45, 2.75) is 4.90 Å². The average molecular weight is 246 g/mol. The molecule has 1 aromatic carbocycles. The Hall–Kier alpha value is -1.20. The zero-order valence-electron chi connectivity index (χ0n) is 7.31. The van der Waals surface area contributed by atoms with Crippen molar-refractivity contribution in [3.63, 3.8) is 0 Å². The van der Waals surface area contributed by atoms with Crippen LogP contribution >= 0.6 is 10.7 Å². The van der Waals surface area contributed by atoms with Crippen LogP contribution in [-0.4, -0.2) is 13.4 Å². The lowest BCUT2D eigenvalue weighted by molar-refractivity contribution is 0.578. The summed E-state index contributed by atoms with van der Waals surface area (Å²) in [6.07, 6.45) is 1.38. The smallest absolute Gasteiger partial charge is 0.255 e. The van der Waals surface area contributed by atoms with Gasteiger partial charge < -0.3 is 0 Å². The van der Waals surface area contributed by atoms with E-state index >= 15 is 0 Å². The van der Waals surface area contributed by atoms with Crippen molar-refractivity contribution < 1.29 is 12.8 Å². The van der Waals surface area contributed by atoms with Gasteiger partial charge in [0.05, 0.1) is 5.52 Å². The predicted molar refractivity (Wildman–Crippen MR) is 54.7 cm³/mol. The van der Waals surface area contributed by atoms with Gasteiger partial charge in [-0.25, -0.2) is 12.8 Å². The zero-order chi connectivity index (χ0) is 11.1. The molecular weight excluding hydrogens is 241 g/mol. The van der Waals surface area contributed by atoms with Gasteiger partial charge in [-0.3, -0.25) is 4.98 Å². The van der Waals surface area contributed by atoms with Crippen LogP contribution in [0, 0.1) is 5.82 Å². The van der Waals surface area contributed by atoms with Crippen LogP contribution in [0.5, 0.6) is 0 Å². The molecule has 2 rings (SSSR count). The molecular formula is C9H5ClFNO2S. The van der Waals surface area contributed by atoms with E-state index in [0.717, 1.165) is 6.07 Å². The third-order valence-corrected chi connectivity index (χ3v) is 3.26. The van der Waals surface area contributed by atoms with Crippen LogP contribution in [0.25, 0.3) is 10.9 Å². The fourth-order valence-electron chi connectivity index (χ4n) is 1.33. The number of hydrogen-bond donors (Lipinski definition) is 0. The number of nitrogens with zero attached hydrogens (tertiary/aromatic N) is 1. The number of fused-ring (bicyclic) bond motifs is 1. The Balaban J connectivity index is 2.99. The molecule has 3 nitrogen and oxygen atoms in total. The molecule has 0 fully saturated rings. The van der Waals surface area contributed by atoms with Crippen LogP contribution in [0.15, 0.2) is 35.4 Å². The molecule has 15 heavy (non-hydrogen) atoms. The summed E-state index contributed by atoms with van der Waals surface area (Å²) in [5, 5.41) is 0.526. The maximum atomic E-state index is 13.3. The van der Waals surface area contributed by atoms with Crippen LogP contribution in [0.4, 0.5) is 4.39 Å². The van der Waals surface area contributed by atoms with Crippen LogP contribution in [0.1, 0.15) is 0 Å². The fourth-order valence-corrected chi connectivity index (χ4v) is 2.47. The highest BCUT2D eigenvalue weighted by atomic mass is 35.7. The SMILES string of the molecule is O=S(=O)(Cl)c1c(F)ccc2cccnc12. The number of rotatable bonds is 1. The molecule has 1 aromatic heterocycles. The van der Waals surface area contributed by atoms with Crippen molar-refractivity contribution in [2.24, 2.45) is 0 Å². The quantitative estimate of drug-likeness (QED) is 0.725. The normalized spacial score (nSPS) is 11.9. The first-order valence-corrected chi connectivity index (χ1v) is 6.29. The molecule has 0 amide bonds. The molecule has 0 atom stereocenters. The second-order valence-corrected chi connectivity index (χ2v) is 5.39. The minimum atomic E-state index is -4.13. The van der Waals surface area contributed by atoms with E-state index in [0.29, 0.717) is 5.39 Å². The number of benzene rings is 1. The minimum absolute atomic E-state index is 0.0486. The largest absolute Gasteiger partial charge is 0.266 e. The highest BCUT2D eigenvalue weighted by molar-refractivity contribution is 8.14. The van der Waals surface area contributed by atoms with Gasteiger partial charge in [-0.2, -0.15) is 0 Å². The number of pyridine rings is 1. The first-order chi connectivity index (χ1) is 7.00. The van der Waals surface area contributed by atoms with Gasteiger partial charge in [-0.1, -0.05) is 6.07 Å². The lowest BCUT2D eigenvalue weighted by atomic mass is 10.2. The van der Waals surface area contributed by atoms with E-state index in [2.05, 4.69) is 4.98 Å². The molecule has 0 spiro atoms. The molecule has 0 aliphatic heterocycles. The van der Waals surface area contributed by atoms with Gasteiger partial charge in [0.15, 0.2) is 0 Å². The standard InChI is InChI=1S/C9H5ClFNO2S/c10-15(13,14)9-7(11)4-3-6-2-1-5-12-8(6)9/h1-5H. The molecule has 6 heteroatoms. The van der Waals surface area contributed by atoms with E-state index in [1.54, 1.807) is 12.1 Å². The third-order valence-electron chi connectivity index (χ3n) is 1.92. The van der Waals surface area contributed by atoms with Gasteiger partial charge in [-0.05, 0) is 18.2 Å². The predicted octanol–water partition coefficient (Wildman–Crippen LogP) is 2.30. The summed E-state index contributed by atoms with van der Waals surface area (Å²) in [7, 11) is 1.01. The topological polar surface area (TPSA) is 47.0 Å². The molecule has 0 unspecified atom stereocenters. The molecule has 78 valence electrons. The number of halogens is 2. The average Bonchev–Trinajstić information content (AvgIpc) is 2.15. The maximum absolute atomic E-state index is 13.3. The summed E-state index contributed by atoms with van der Waals surface area (Å²) in [4.78, 5) is 3.24. The molecule has 0 bridgehead atoms. The Kier molecular flexibility index (Phi) is 2.36. The Morgan fingerprint density at radius 3 is 2.67 bits per heavy atom. The maximum Gasteiger partial charge on any atom is 0.266 e. The zero-order valence-corrected chi connectivity index (χ0v) is 8.89. The number of aromatic nitrogens is 1. The summed E-state index contributed by atoms with van der Waals surface area (Å²) in [6, 6.07) is 5.76. The molecule has 0 saturated carbocycles. The third kappa shape index (κ3) is 1.80. The molecule has 0 aliphatic carbocycles. The van der Waals surface area contributed by atoms with Crippen molar-refractivity contribution in [2.75, 3.05) is 0 Å². The van der Waals surface area contributed by atoms with E-state index in [1.807, 2.05) is 0 Å². The van der Waals surface area contributed by atoms with Crippen LogP contribution in [-0.2, 0) is 9.05 Å². The second kappa shape index (κ2) is 3.43. The van der Waals surface area contributed by atoms with Crippen molar-refractivity contribution >= 4 is 30.6 Å². The van der Waals surface area contributed by atoms with E-state index in [4.69, 9.17) is 10.7 Å². The molecule has 0 radical (unpaired) electrons. The van der Waals surface area contributed by atoms with E-state index < -0.39 is 19.8 Å². The van der Waals surface area contributed by atoms with Crippen molar-refractivity contribution in [3.05, 3.63) is 36.3 Å². The lowest BCUT2D eigenvalue weighted by Crippen LogP contribution is -1.98.